The van der Waals surface area contributed by atoms with Crippen LogP contribution in [0.3, 0.4) is 0 Å². The predicted molar refractivity (Wildman–Crippen MR) is 98.0 cm³/mol. The molecule has 2 atom stereocenters. The fourth-order valence-corrected chi connectivity index (χ4v) is 2.41. The topological polar surface area (TPSA) is 130 Å². The molecule has 0 aromatic carbocycles. The minimum absolute atomic E-state index is 0.277. The van der Waals surface area contributed by atoms with Gasteiger partial charge in [-0.3, -0.25) is 9.59 Å². The molecule has 0 rings (SSSR count). The molecular formula is C19H34O8. The van der Waals surface area contributed by atoms with E-state index in [9.17, 15) is 24.6 Å². The minimum atomic E-state index is -1.79. The van der Waals surface area contributed by atoms with Gasteiger partial charge in [0.05, 0.1) is 6.42 Å². The van der Waals surface area contributed by atoms with Crippen LogP contribution in [0.25, 0.3) is 0 Å². The molecule has 0 heterocycles. The summed E-state index contributed by atoms with van der Waals surface area (Å²) in [5, 5.41) is 27.2. The average molecular weight is 390 g/mol. The highest BCUT2D eigenvalue weighted by atomic mass is 16.6. The van der Waals surface area contributed by atoms with E-state index < -0.39 is 43.1 Å². The molecule has 1 unspecified atom stereocenters. The number of aliphatic hydroxyl groups is 2. The summed E-state index contributed by atoms with van der Waals surface area (Å²) < 4.78 is 9.46. The summed E-state index contributed by atoms with van der Waals surface area (Å²) in [5.41, 5.74) is 0. The number of esters is 2. The fraction of sp³-hybridized carbons (Fsp3) is 0.842. The van der Waals surface area contributed by atoms with Crippen molar-refractivity contribution in [3.05, 3.63) is 0 Å². The molecule has 0 saturated carbocycles. The number of aliphatic carboxylic acids is 1. The van der Waals surface area contributed by atoms with Crippen LogP contribution in [-0.2, 0) is 23.9 Å². The van der Waals surface area contributed by atoms with Crippen molar-refractivity contribution in [2.75, 3.05) is 13.2 Å². The Morgan fingerprint density at radius 2 is 1.33 bits per heavy atom. The first-order chi connectivity index (χ1) is 12.9. The Bertz CT molecular complexity index is 424. The predicted octanol–water partition coefficient (Wildman–Crippen LogP) is 2.19. The van der Waals surface area contributed by atoms with Crippen LogP contribution in [0.1, 0.15) is 77.6 Å². The van der Waals surface area contributed by atoms with Crippen molar-refractivity contribution in [1.29, 1.82) is 0 Å². The molecule has 8 heteroatoms. The molecule has 0 fully saturated rings. The monoisotopic (exact) mass is 390 g/mol. The summed E-state index contributed by atoms with van der Waals surface area (Å²) in [6.07, 6.45) is 6.79. The number of ether oxygens (including phenoxy) is 2. The lowest BCUT2D eigenvalue weighted by Gasteiger charge is -2.13. The van der Waals surface area contributed by atoms with Crippen LogP contribution in [0.2, 0.25) is 0 Å². The lowest BCUT2D eigenvalue weighted by atomic mass is 10.1. The van der Waals surface area contributed by atoms with E-state index in [1.807, 2.05) is 0 Å². The third-order valence-electron chi connectivity index (χ3n) is 3.98. The Labute approximate surface area is 160 Å². The molecule has 0 bridgehead atoms. The molecule has 0 aliphatic rings. The van der Waals surface area contributed by atoms with E-state index in [4.69, 9.17) is 9.84 Å². The number of hydrogen-bond acceptors (Lipinski definition) is 7. The number of unbranched alkanes of at least 4 members (excludes halogenated alkanes) is 8. The van der Waals surface area contributed by atoms with Crippen molar-refractivity contribution >= 4 is 17.9 Å². The van der Waals surface area contributed by atoms with Crippen molar-refractivity contribution in [3.8, 4) is 0 Å². The van der Waals surface area contributed by atoms with Gasteiger partial charge in [-0.15, -0.1) is 0 Å². The average Bonchev–Trinajstić information content (AvgIpc) is 2.62. The van der Waals surface area contributed by atoms with Crippen molar-refractivity contribution in [3.63, 3.8) is 0 Å². The Morgan fingerprint density at radius 1 is 0.815 bits per heavy atom. The van der Waals surface area contributed by atoms with Gasteiger partial charge in [-0.1, -0.05) is 58.3 Å². The SMILES string of the molecule is CCCCCCCCCCCC(=O)OCC(O)COC(=O)[C@H](O)CC(=O)O. The molecule has 0 aliphatic carbocycles. The first kappa shape index (κ1) is 25.3. The number of rotatable bonds is 17. The summed E-state index contributed by atoms with van der Waals surface area (Å²) in [4.78, 5) is 33.2. The van der Waals surface area contributed by atoms with Gasteiger partial charge in [-0.25, -0.2) is 4.79 Å². The van der Waals surface area contributed by atoms with Gasteiger partial charge in [0.25, 0.3) is 0 Å². The van der Waals surface area contributed by atoms with Crippen molar-refractivity contribution < 1.29 is 39.2 Å². The second-order valence-corrected chi connectivity index (χ2v) is 6.66. The largest absolute Gasteiger partial charge is 0.481 e. The van der Waals surface area contributed by atoms with Crippen molar-refractivity contribution in [2.24, 2.45) is 0 Å². The zero-order chi connectivity index (χ0) is 20.5. The van der Waals surface area contributed by atoms with E-state index in [1.165, 1.54) is 38.5 Å². The van der Waals surface area contributed by atoms with Gasteiger partial charge in [0.15, 0.2) is 6.10 Å². The van der Waals surface area contributed by atoms with Gasteiger partial charge in [0.2, 0.25) is 0 Å². The van der Waals surface area contributed by atoms with Gasteiger partial charge >= 0.3 is 17.9 Å². The molecule has 0 aliphatic heterocycles. The van der Waals surface area contributed by atoms with Gasteiger partial charge in [0, 0.05) is 6.42 Å². The maximum Gasteiger partial charge on any atom is 0.335 e. The summed E-state index contributed by atoms with van der Waals surface area (Å²) in [6, 6.07) is 0. The number of hydrogen-bond donors (Lipinski definition) is 3. The van der Waals surface area contributed by atoms with Crippen LogP contribution in [0.4, 0.5) is 0 Å². The van der Waals surface area contributed by atoms with Gasteiger partial charge < -0.3 is 24.8 Å². The molecule has 0 radical (unpaired) electrons. The maximum absolute atomic E-state index is 11.6. The van der Waals surface area contributed by atoms with Crippen LogP contribution >= 0.6 is 0 Å². The van der Waals surface area contributed by atoms with E-state index in [1.54, 1.807) is 0 Å². The van der Waals surface area contributed by atoms with E-state index in [0.717, 1.165) is 19.3 Å². The van der Waals surface area contributed by atoms with Gasteiger partial charge in [-0.2, -0.15) is 0 Å². The van der Waals surface area contributed by atoms with Gasteiger partial charge in [-0.05, 0) is 6.42 Å². The third kappa shape index (κ3) is 16.2. The van der Waals surface area contributed by atoms with E-state index >= 15 is 0 Å². The quantitative estimate of drug-likeness (QED) is 0.254. The van der Waals surface area contributed by atoms with Crippen LogP contribution in [0.5, 0.6) is 0 Å². The normalized spacial score (nSPS) is 13.0. The molecule has 0 aromatic heterocycles. The Balaban J connectivity index is 3.60. The Hall–Kier alpha value is -1.67. The highest BCUT2D eigenvalue weighted by molar-refractivity contribution is 5.80. The summed E-state index contributed by atoms with van der Waals surface area (Å²) in [5.74, 6) is -2.91. The number of carbonyl (C=O) groups is 3. The van der Waals surface area contributed by atoms with Crippen molar-refractivity contribution in [2.45, 2.75) is 89.8 Å². The zero-order valence-corrected chi connectivity index (χ0v) is 16.2. The standard InChI is InChI=1S/C19H34O8/c1-2-3-4-5-6-7-8-9-10-11-18(24)26-13-15(20)14-27-19(25)16(21)12-17(22)23/h15-16,20-21H,2-14H2,1H3,(H,22,23)/t15?,16-/m1/s1. The van der Waals surface area contributed by atoms with Crippen LogP contribution in [0.15, 0.2) is 0 Å². The summed E-state index contributed by atoms with van der Waals surface area (Å²) in [7, 11) is 0. The summed E-state index contributed by atoms with van der Waals surface area (Å²) in [6.45, 7) is 1.39. The maximum atomic E-state index is 11.6. The lowest BCUT2D eigenvalue weighted by molar-refractivity contribution is -0.162. The van der Waals surface area contributed by atoms with Crippen LogP contribution in [0, 0.1) is 0 Å². The highest BCUT2D eigenvalue weighted by Crippen LogP contribution is 2.10. The highest BCUT2D eigenvalue weighted by Gasteiger charge is 2.21. The van der Waals surface area contributed by atoms with Gasteiger partial charge in [0.1, 0.15) is 19.3 Å². The molecule has 0 aromatic rings. The molecule has 0 saturated heterocycles. The van der Waals surface area contributed by atoms with E-state index in [0.29, 0.717) is 0 Å². The van der Waals surface area contributed by atoms with E-state index in [-0.39, 0.29) is 13.0 Å². The second kappa shape index (κ2) is 16.5. The van der Waals surface area contributed by atoms with E-state index in [2.05, 4.69) is 11.7 Å². The minimum Gasteiger partial charge on any atom is -0.481 e. The van der Waals surface area contributed by atoms with Crippen LogP contribution < -0.4 is 0 Å². The third-order valence-corrected chi connectivity index (χ3v) is 3.98. The number of aliphatic hydroxyl groups excluding tert-OH is 2. The van der Waals surface area contributed by atoms with Crippen LogP contribution in [-0.4, -0.2) is 58.6 Å². The lowest BCUT2D eigenvalue weighted by Crippen LogP contribution is -2.31. The molecule has 0 amide bonds. The number of carbonyl (C=O) groups excluding carboxylic acids is 2. The second-order valence-electron chi connectivity index (χ2n) is 6.66. The molecular weight excluding hydrogens is 356 g/mol. The summed E-state index contributed by atoms with van der Waals surface area (Å²) >= 11 is 0. The number of carboxylic acids is 1. The first-order valence-electron chi connectivity index (χ1n) is 9.77. The zero-order valence-electron chi connectivity index (χ0n) is 16.2. The fourth-order valence-electron chi connectivity index (χ4n) is 2.41. The first-order valence-corrected chi connectivity index (χ1v) is 9.77. The molecule has 8 nitrogen and oxygen atoms in total. The smallest absolute Gasteiger partial charge is 0.335 e. The molecule has 27 heavy (non-hydrogen) atoms. The molecule has 0 spiro atoms. The molecule has 158 valence electrons. The molecule has 3 N–H and O–H groups in total. The number of carboxylic acid groups (broad SMARTS) is 1. The Morgan fingerprint density at radius 3 is 1.89 bits per heavy atom. The van der Waals surface area contributed by atoms with Crippen molar-refractivity contribution in [1.82, 2.24) is 0 Å². The Kier molecular flexibility index (Phi) is 15.5.